The van der Waals surface area contributed by atoms with Crippen LogP contribution in [0.3, 0.4) is 0 Å². The van der Waals surface area contributed by atoms with Gasteiger partial charge in [0.15, 0.2) is 11.5 Å². The molecule has 1 fully saturated rings. The number of hydrogen-bond acceptors (Lipinski definition) is 4. The molecular formula is C18H21N5. The Morgan fingerprint density at radius 2 is 1.91 bits per heavy atom. The van der Waals surface area contributed by atoms with Crippen molar-refractivity contribution in [2.75, 3.05) is 5.43 Å². The maximum atomic E-state index is 4.82. The topological polar surface area (TPSA) is 55.6 Å². The predicted octanol–water partition coefficient (Wildman–Crippen LogP) is 3.68. The van der Waals surface area contributed by atoms with Crippen LogP contribution >= 0.6 is 0 Å². The van der Waals surface area contributed by atoms with Crippen molar-refractivity contribution in [3.63, 3.8) is 0 Å². The lowest BCUT2D eigenvalue weighted by atomic mass is 9.96. The minimum absolute atomic E-state index is 0.478. The summed E-state index contributed by atoms with van der Waals surface area (Å²) in [6, 6.07) is 8.39. The van der Waals surface area contributed by atoms with Gasteiger partial charge >= 0.3 is 0 Å². The van der Waals surface area contributed by atoms with E-state index < -0.39 is 0 Å². The second-order valence-corrected chi connectivity index (χ2v) is 6.25. The van der Waals surface area contributed by atoms with Crippen molar-refractivity contribution >= 4 is 11.2 Å². The number of rotatable bonds is 3. The van der Waals surface area contributed by atoms with Gasteiger partial charge in [0, 0.05) is 18.4 Å². The lowest BCUT2D eigenvalue weighted by Crippen LogP contribution is -2.30. The van der Waals surface area contributed by atoms with Crippen LogP contribution in [0.15, 0.2) is 36.7 Å². The van der Waals surface area contributed by atoms with E-state index in [1.54, 1.807) is 6.20 Å². The molecule has 0 spiro atoms. The maximum absolute atomic E-state index is 4.82. The highest BCUT2D eigenvalue weighted by Crippen LogP contribution is 2.25. The van der Waals surface area contributed by atoms with E-state index in [0.717, 1.165) is 28.2 Å². The summed E-state index contributed by atoms with van der Waals surface area (Å²) in [6.07, 6.45) is 9.97. The molecule has 0 bridgehead atoms. The Kier molecular flexibility index (Phi) is 3.69. The molecule has 5 nitrogen and oxygen atoms in total. The zero-order chi connectivity index (χ0) is 15.6. The average molecular weight is 307 g/mol. The molecule has 0 aromatic carbocycles. The highest BCUT2D eigenvalue weighted by molar-refractivity contribution is 5.79. The van der Waals surface area contributed by atoms with Gasteiger partial charge in [0.25, 0.3) is 0 Å². The van der Waals surface area contributed by atoms with Crippen molar-refractivity contribution in [1.82, 2.24) is 19.6 Å². The molecule has 0 atom stereocenters. The maximum Gasteiger partial charge on any atom is 0.180 e. The van der Waals surface area contributed by atoms with Gasteiger partial charge in [-0.3, -0.25) is 4.98 Å². The molecule has 5 heteroatoms. The van der Waals surface area contributed by atoms with Gasteiger partial charge in [0.1, 0.15) is 11.2 Å². The molecular weight excluding hydrogens is 286 g/mol. The Balaban J connectivity index is 1.83. The number of aromatic nitrogens is 4. The monoisotopic (exact) mass is 307 g/mol. The summed E-state index contributed by atoms with van der Waals surface area (Å²) in [4.78, 5) is 13.9. The van der Waals surface area contributed by atoms with Gasteiger partial charge < -0.3 is 5.43 Å². The van der Waals surface area contributed by atoms with Crippen molar-refractivity contribution < 1.29 is 0 Å². The Bertz CT molecular complexity index is 803. The number of pyridine rings is 2. The van der Waals surface area contributed by atoms with E-state index in [9.17, 15) is 0 Å². The molecule has 1 saturated carbocycles. The summed E-state index contributed by atoms with van der Waals surface area (Å²) in [5.41, 5.74) is 7.48. The molecule has 1 aliphatic carbocycles. The average Bonchev–Trinajstić information content (AvgIpc) is 2.97. The third kappa shape index (κ3) is 2.67. The molecule has 3 aromatic heterocycles. The van der Waals surface area contributed by atoms with Crippen LogP contribution in [0.1, 0.15) is 37.7 Å². The summed E-state index contributed by atoms with van der Waals surface area (Å²) >= 11 is 0. The lowest BCUT2D eigenvalue weighted by Gasteiger charge is -2.25. The van der Waals surface area contributed by atoms with Crippen molar-refractivity contribution in [2.24, 2.45) is 0 Å². The first kappa shape index (κ1) is 14.2. The number of hydrogen-bond donors (Lipinski definition) is 1. The van der Waals surface area contributed by atoms with Crippen LogP contribution in [0.5, 0.6) is 0 Å². The summed E-state index contributed by atoms with van der Waals surface area (Å²) in [5.74, 6) is 0.841. The van der Waals surface area contributed by atoms with Crippen LogP contribution in [0.2, 0.25) is 0 Å². The van der Waals surface area contributed by atoms with E-state index >= 15 is 0 Å². The summed E-state index contributed by atoms with van der Waals surface area (Å²) in [7, 11) is 0. The first-order chi connectivity index (χ1) is 11.3. The van der Waals surface area contributed by atoms with Gasteiger partial charge in [0.2, 0.25) is 0 Å². The normalized spacial score (nSPS) is 15.9. The van der Waals surface area contributed by atoms with E-state index in [1.807, 2.05) is 35.1 Å². The van der Waals surface area contributed by atoms with Gasteiger partial charge in [-0.15, -0.1) is 0 Å². The second kappa shape index (κ2) is 5.99. The highest BCUT2D eigenvalue weighted by atomic mass is 15.5. The molecule has 0 radical (unpaired) electrons. The van der Waals surface area contributed by atoms with Crippen LogP contribution in [-0.2, 0) is 0 Å². The number of imidazole rings is 1. The van der Waals surface area contributed by atoms with E-state index in [2.05, 4.69) is 22.3 Å². The van der Waals surface area contributed by atoms with Gasteiger partial charge in [0.05, 0.1) is 0 Å². The molecule has 3 aromatic rings. The zero-order valence-electron chi connectivity index (χ0n) is 13.4. The first-order valence-electron chi connectivity index (χ1n) is 8.35. The molecule has 0 aliphatic heterocycles. The van der Waals surface area contributed by atoms with Gasteiger partial charge in [-0.25, -0.2) is 14.6 Å². The quantitative estimate of drug-likeness (QED) is 0.802. The highest BCUT2D eigenvalue weighted by Gasteiger charge is 2.20. The van der Waals surface area contributed by atoms with Crippen LogP contribution in [0.25, 0.3) is 22.7 Å². The lowest BCUT2D eigenvalue weighted by molar-refractivity contribution is 0.440. The first-order valence-corrected chi connectivity index (χ1v) is 8.35. The number of fused-ring (bicyclic) bond motifs is 1. The molecule has 3 heterocycles. The minimum atomic E-state index is 0.478. The van der Waals surface area contributed by atoms with E-state index in [-0.39, 0.29) is 0 Å². The standard InChI is InChI=1S/C18H21N5/c1-13-10-12-20-18-16(13)21-17(15-9-5-6-11-19-15)23(18)22-14-7-3-2-4-8-14/h5-6,9-12,14,22H,2-4,7-8H2,1H3. The largest absolute Gasteiger partial charge is 0.319 e. The molecule has 23 heavy (non-hydrogen) atoms. The van der Waals surface area contributed by atoms with Crippen molar-refractivity contribution in [2.45, 2.75) is 45.1 Å². The predicted molar refractivity (Wildman–Crippen MR) is 91.7 cm³/mol. The molecule has 118 valence electrons. The van der Waals surface area contributed by atoms with Gasteiger partial charge in [-0.2, -0.15) is 0 Å². The van der Waals surface area contributed by atoms with Crippen LogP contribution in [0.4, 0.5) is 0 Å². The summed E-state index contributed by atoms with van der Waals surface area (Å²) in [6.45, 7) is 2.07. The van der Waals surface area contributed by atoms with Crippen LogP contribution < -0.4 is 5.43 Å². The Morgan fingerprint density at radius 3 is 2.70 bits per heavy atom. The van der Waals surface area contributed by atoms with Gasteiger partial charge in [-0.05, 0) is 43.5 Å². The van der Waals surface area contributed by atoms with Crippen molar-refractivity contribution in [1.29, 1.82) is 0 Å². The number of nitrogens with one attached hydrogen (secondary N) is 1. The molecule has 0 saturated heterocycles. The molecule has 0 unspecified atom stereocenters. The van der Waals surface area contributed by atoms with Crippen LogP contribution in [0, 0.1) is 6.92 Å². The van der Waals surface area contributed by atoms with Crippen molar-refractivity contribution in [3.05, 3.63) is 42.2 Å². The number of aryl methyl sites for hydroxylation is 1. The molecule has 1 aliphatic rings. The molecule has 1 N–H and O–H groups in total. The van der Waals surface area contributed by atoms with Crippen LogP contribution in [-0.4, -0.2) is 25.7 Å². The third-order valence-corrected chi connectivity index (χ3v) is 4.56. The Morgan fingerprint density at radius 1 is 1.04 bits per heavy atom. The van der Waals surface area contributed by atoms with E-state index in [4.69, 9.17) is 4.98 Å². The van der Waals surface area contributed by atoms with Gasteiger partial charge in [-0.1, -0.05) is 25.3 Å². The second-order valence-electron chi connectivity index (χ2n) is 6.25. The van der Waals surface area contributed by atoms with Crippen molar-refractivity contribution in [3.8, 4) is 11.5 Å². The summed E-state index contributed by atoms with van der Waals surface area (Å²) < 4.78 is 2.04. The molecule has 0 amide bonds. The summed E-state index contributed by atoms with van der Waals surface area (Å²) in [5, 5.41) is 0. The van der Waals surface area contributed by atoms with E-state index in [0.29, 0.717) is 6.04 Å². The fourth-order valence-corrected chi connectivity index (χ4v) is 3.30. The SMILES string of the molecule is Cc1ccnc2c1nc(-c1ccccn1)n2NC1CCCCC1. The minimum Gasteiger partial charge on any atom is -0.319 e. The number of nitrogens with zero attached hydrogens (tertiary/aromatic N) is 4. The zero-order valence-corrected chi connectivity index (χ0v) is 13.4. The third-order valence-electron chi connectivity index (χ3n) is 4.56. The molecule has 4 rings (SSSR count). The Hall–Kier alpha value is -2.43. The fraction of sp³-hybridized carbons (Fsp3) is 0.389. The Labute approximate surface area is 135 Å². The van der Waals surface area contributed by atoms with E-state index in [1.165, 1.54) is 32.1 Å². The smallest absolute Gasteiger partial charge is 0.180 e. The fourth-order valence-electron chi connectivity index (χ4n) is 3.30.